The van der Waals surface area contributed by atoms with E-state index in [-0.39, 0.29) is 0 Å². The summed E-state index contributed by atoms with van der Waals surface area (Å²) in [4.78, 5) is 0. The van der Waals surface area contributed by atoms with E-state index in [2.05, 4.69) is 139 Å². The van der Waals surface area contributed by atoms with Gasteiger partial charge in [0.15, 0.2) is 0 Å². The van der Waals surface area contributed by atoms with Crippen LogP contribution in [0.4, 0.5) is 0 Å². The molecule has 0 unspecified atom stereocenters. The molecule has 0 spiro atoms. The molecule has 0 radical (unpaired) electrons. The molecule has 0 aliphatic rings. The lowest BCUT2D eigenvalue weighted by molar-refractivity contribution is 1.60. The molecular weight excluding hydrogens is 652 g/mol. The molecule has 0 aromatic heterocycles. The predicted molar refractivity (Wildman–Crippen MR) is 104 cm³/mol. The number of benzene rings is 2. The van der Waals surface area contributed by atoms with Gasteiger partial charge in [-0.3, -0.25) is 0 Å². The Kier molecular flexibility index (Phi) is 8.15. The Balaban J connectivity index is 0.000000160. The van der Waals surface area contributed by atoms with Crippen LogP contribution >= 0.6 is 90.4 Å². The van der Waals surface area contributed by atoms with Crippen LogP contribution in [0.3, 0.4) is 0 Å². The zero-order valence-electron chi connectivity index (χ0n) is 8.13. The highest BCUT2D eigenvalue weighted by atomic mass is 127. The van der Waals surface area contributed by atoms with Gasteiger partial charge in [-0.25, -0.2) is 0 Å². The molecular formula is C12H8I4. The van der Waals surface area contributed by atoms with Crippen LogP contribution in [0.2, 0.25) is 0 Å². The van der Waals surface area contributed by atoms with Crippen LogP contribution in [-0.2, 0) is 0 Å². The normalized spacial score (nSPS) is 9.25. The Morgan fingerprint density at radius 2 is 0.875 bits per heavy atom. The summed E-state index contributed by atoms with van der Waals surface area (Å²) in [5, 5.41) is 0. The maximum atomic E-state index is 2.30. The van der Waals surface area contributed by atoms with Gasteiger partial charge < -0.3 is 0 Å². The molecule has 0 bridgehead atoms. The largest absolute Gasteiger partial charge is 0.0602 e. The maximum Gasteiger partial charge on any atom is 0.0140 e. The van der Waals surface area contributed by atoms with E-state index < -0.39 is 0 Å². The van der Waals surface area contributed by atoms with Crippen LogP contribution in [0.1, 0.15) is 0 Å². The van der Waals surface area contributed by atoms with Gasteiger partial charge in [0.1, 0.15) is 0 Å². The molecule has 16 heavy (non-hydrogen) atoms. The van der Waals surface area contributed by atoms with Crippen molar-refractivity contribution in [1.82, 2.24) is 0 Å². The van der Waals surface area contributed by atoms with Crippen molar-refractivity contribution in [2.24, 2.45) is 0 Å². The van der Waals surface area contributed by atoms with Crippen molar-refractivity contribution in [1.29, 1.82) is 0 Å². The van der Waals surface area contributed by atoms with Gasteiger partial charge in [0, 0.05) is 14.3 Å². The minimum absolute atomic E-state index is 1.29. The fourth-order valence-corrected chi connectivity index (χ4v) is 3.29. The molecule has 0 fully saturated rings. The van der Waals surface area contributed by atoms with Crippen molar-refractivity contribution in [2.75, 3.05) is 0 Å². The van der Waals surface area contributed by atoms with Gasteiger partial charge in [0.2, 0.25) is 0 Å². The van der Waals surface area contributed by atoms with Crippen molar-refractivity contribution >= 4 is 90.4 Å². The van der Waals surface area contributed by atoms with Crippen LogP contribution in [0.25, 0.3) is 0 Å². The average molecular weight is 660 g/mol. The van der Waals surface area contributed by atoms with E-state index in [1.807, 2.05) is 0 Å². The molecule has 0 heterocycles. The molecule has 0 atom stereocenters. The lowest BCUT2D eigenvalue weighted by Gasteiger charge is -1.87. The number of hydrogen-bond donors (Lipinski definition) is 0. The molecule has 0 nitrogen and oxygen atoms in total. The summed E-state index contributed by atoms with van der Waals surface area (Å²) in [6.07, 6.45) is 0. The van der Waals surface area contributed by atoms with Gasteiger partial charge in [0.05, 0.1) is 0 Å². The van der Waals surface area contributed by atoms with Gasteiger partial charge in [-0.05, 0) is 133 Å². The smallest absolute Gasteiger partial charge is 0.0140 e. The standard InChI is InChI=1S/2C6H4I2/c7-5-1-2-6(8)4-3-5;7-5-2-1-3-6(8)4-5/h2*1-4H. The fraction of sp³-hybridized carbons (Fsp3) is 0. The minimum atomic E-state index is 1.29. The van der Waals surface area contributed by atoms with Crippen LogP contribution in [0.5, 0.6) is 0 Å². The van der Waals surface area contributed by atoms with Crippen molar-refractivity contribution in [3.8, 4) is 0 Å². The third-order valence-corrected chi connectivity index (χ3v) is 4.37. The zero-order valence-corrected chi connectivity index (χ0v) is 16.8. The minimum Gasteiger partial charge on any atom is -0.0602 e. The molecule has 4 heteroatoms. The first-order valence-corrected chi connectivity index (χ1v) is 8.71. The number of halogens is 4. The third kappa shape index (κ3) is 6.94. The third-order valence-electron chi connectivity index (χ3n) is 1.59. The molecule has 2 aromatic carbocycles. The average Bonchev–Trinajstić information content (AvgIpc) is 2.23. The van der Waals surface area contributed by atoms with Crippen molar-refractivity contribution in [3.05, 3.63) is 62.8 Å². The highest BCUT2D eigenvalue weighted by Gasteiger charge is 1.84. The van der Waals surface area contributed by atoms with Gasteiger partial charge >= 0.3 is 0 Å². The molecule has 0 saturated heterocycles. The lowest BCUT2D eigenvalue weighted by Crippen LogP contribution is -1.69. The summed E-state index contributed by atoms with van der Waals surface area (Å²) >= 11 is 9.19. The van der Waals surface area contributed by atoms with Crippen molar-refractivity contribution in [3.63, 3.8) is 0 Å². The molecule has 84 valence electrons. The number of hydrogen-bond acceptors (Lipinski definition) is 0. The Morgan fingerprint density at radius 3 is 1.12 bits per heavy atom. The monoisotopic (exact) mass is 660 g/mol. The first-order chi connectivity index (χ1) is 7.58. The molecule has 0 aliphatic heterocycles. The SMILES string of the molecule is Ic1ccc(I)cc1.Ic1cccc(I)c1. The summed E-state index contributed by atoms with van der Waals surface area (Å²) in [6, 6.07) is 16.8. The van der Waals surface area contributed by atoms with Crippen LogP contribution in [0.15, 0.2) is 48.5 Å². The molecule has 0 N–H and O–H groups in total. The van der Waals surface area contributed by atoms with E-state index in [1.165, 1.54) is 14.3 Å². The number of rotatable bonds is 0. The zero-order chi connectivity index (χ0) is 12.0. The predicted octanol–water partition coefficient (Wildman–Crippen LogP) is 5.79. The van der Waals surface area contributed by atoms with Gasteiger partial charge in [-0.1, -0.05) is 6.07 Å². The molecule has 0 saturated carbocycles. The molecule has 0 amide bonds. The molecule has 2 aromatic rings. The summed E-state index contributed by atoms with van der Waals surface area (Å²) in [5.41, 5.74) is 0. The Hall–Kier alpha value is 1.36. The Bertz CT molecular complexity index is 399. The summed E-state index contributed by atoms with van der Waals surface area (Å²) in [5.74, 6) is 0. The second kappa shape index (κ2) is 8.46. The van der Waals surface area contributed by atoms with E-state index in [4.69, 9.17) is 0 Å². The van der Waals surface area contributed by atoms with Crippen LogP contribution in [-0.4, -0.2) is 0 Å². The first-order valence-electron chi connectivity index (χ1n) is 4.40. The van der Waals surface area contributed by atoms with Gasteiger partial charge in [-0.2, -0.15) is 0 Å². The summed E-state index contributed by atoms with van der Waals surface area (Å²) < 4.78 is 5.19. The van der Waals surface area contributed by atoms with Gasteiger partial charge in [-0.15, -0.1) is 0 Å². The quantitative estimate of drug-likeness (QED) is 0.315. The lowest BCUT2D eigenvalue weighted by atomic mass is 10.4. The van der Waals surface area contributed by atoms with E-state index in [1.54, 1.807) is 0 Å². The second-order valence-corrected chi connectivity index (χ2v) is 7.86. The second-order valence-electron chi connectivity index (χ2n) is 2.88. The van der Waals surface area contributed by atoms with Crippen LogP contribution < -0.4 is 0 Å². The topological polar surface area (TPSA) is 0 Å². The van der Waals surface area contributed by atoms with Crippen molar-refractivity contribution < 1.29 is 0 Å². The summed E-state index contributed by atoms with van der Waals surface area (Å²) in [7, 11) is 0. The van der Waals surface area contributed by atoms with E-state index >= 15 is 0 Å². The highest BCUT2D eigenvalue weighted by molar-refractivity contribution is 14.1. The Labute approximate surface area is 151 Å². The fourth-order valence-electron chi connectivity index (χ4n) is 0.889. The van der Waals surface area contributed by atoms with Crippen LogP contribution in [0, 0.1) is 14.3 Å². The van der Waals surface area contributed by atoms with Gasteiger partial charge in [0.25, 0.3) is 0 Å². The van der Waals surface area contributed by atoms with E-state index in [0.29, 0.717) is 0 Å². The molecule has 0 aliphatic carbocycles. The first kappa shape index (κ1) is 15.4. The summed E-state index contributed by atoms with van der Waals surface area (Å²) in [6.45, 7) is 0. The van der Waals surface area contributed by atoms with E-state index in [0.717, 1.165) is 0 Å². The maximum absolute atomic E-state index is 2.30. The molecule has 2 rings (SSSR count). The Morgan fingerprint density at radius 1 is 0.500 bits per heavy atom. The van der Waals surface area contributed by atoms with Crippen molar-refractivity contribution in [2.45, 2.75) is 0 Å². The highest BCUT2D eigenvalue weighted by Crippen LogP contribution is 2.09. The van der Waals surface area contributed by atoms with E-state index in [9.17, 15) is 0 Å².